The molecule has 1 aliphatic rings. The second kappa shape index (κ2) is 9.63. The quantitative estimate of drug-likeness (QED) is 0.583. The SMILES string of the molecule is c1cc(-c2ccc(CNCCc3ccc(CN4CCCC4)cc3)cc2)ccn1. The molecule has 2 heterocycles. The van der Waals surface area contributed by atoms with E-state index in [0.717, 1.165) is 26.1 Å². The van der Waals surface area contributed by atoms with E-state index in [0.29, 0.717) is 0 Å². The van der Waals surface area contributed by atoms with Crippen LogP contribution in [-0.2, 0) is 19.5 Å². The molecule has 0 amide bonds. The molecule has 2 aromatic carbocycles. The summed E-state index contributed by atoms with van der Waals surface area (Å²) in [6.45, 7) is 5.53. The van der Waals surface area contributed by atoms with Gasteiger partial charge in [0.15, 0.2) is 0 Å². The van der Waals surface area contributed by atoms with Gasteiger partial charge < -0.3 is 5.32 Å². The van der Waals surface area contributed by atoms with Gasteiger partial charge in [-0.3, -0.25) is 9.88 Å². The lowest BCUT2D eigenvalue weighted by Gasteiger charge is -2.14. The van der Waals surface area contributed by atoms with E-state index in [4.69, 9.17) is 0 Å². The summed E-state index contributed by atoms with van der Waals surface area (Å²) in [5, 5.41) is 3.56. The minimum absolute atomic E-state index is 0.906. The third kappa shape index (κ3) is 5.28. The van der Waals surface area contributed by atoms with Gasteiger partial charge in [-0.25, -0.2) is 0 Å². The van der Waals surface area contributed by atoms with Gasteiger partial charge in [-0.15, -0.1) is 0 Å². The molecular weight excluding hydrogens is 342 g/mol. The minimum Gasteiger partial charge on any atom is -0.312 e. The first-order valence-electron chi connectivity index (χ1n) is 10.4. The zero-order valence-corrected chi connectivity index (χ0v) is 16.5. The lowest BCUT2D eigenvalue weighted by Crippen LogP contribution is -2.18. The molecule has 3 nitrogen and oxygen atoms in total. The van der Waals surface area contributed by atoms with Crippen molar-refractivity contribution in [2.75, 3.05) is 19.6 Å². The molecule has 144 valence electrons. The molecular formula is C25H29N3. The van der Waals surface area contributed by atoms with E-state index in [1.54, 1.807) is 0 Å². The lowest BCUT2D eigenvalue weighted by molar-refractivity contribution is 0.331. The van der Waals surface area contributed by atoms with Gasteiger partial charge in [-0.05, 0) is 78.8 Å². The summed E-state index contributed by atoms with van der Waals surface area (Å²) < 4.78 is 0. The Bertz CT molecular complexity index is 835. The number of aromatic nitrogens is 1. The highest BCUT2D eigenvalue weighted by atomic mass is 15.1. The van der Waals surface area contributed by atoms with Gasteiger partial charge in [0.2, 0.25) is 0 Å². The van der Waals surface area contributed by atoms with E-state index in [9.17, 15) is 0 Å². The number of hydrogen-bond donors (Lipinski definition) is 1. The van der Waals surface area contributed by atoms with E-state index >= 15 is 0 Å². The average Bonchev–Trinajstić information content (AvgIpc) is 3.27. The number of benzene rings is 2. The maximum Gasteiger partial charge on any atom is 0.0273 e. The Kier molecular flexibility index (Phi) is 6.48. The van der Waals surface area contributed by atoms with Crippen molar-refractivity contribution < 1.29 is 0 Å². The molecule has 1 N–H and O–H groups in total. The van der Waals surface area contributed by atoms with Crippen LogP contribution in [0.4, 0.5) is 0 Å². The van der Waals surface area contributed by atoms with E-state index in [1.807, 2.05) is 24.5 Å². The number of hydrogen-bond acceptors (Lipinski definition) is 3. The topological polar surface area (TPSA) is 28.2 Å². The van der Waals surface area contributed by atoms with Crippen LogP contribution in [0.5, 0.6) is 0 Å². The van der Waals surface area contributed by atoms with Crippen LogP contribution in [0.1, 0.15) is 29.5 Å². The van der Waals surface area contributed by atoms with Crippen LogP contribution >= 0.6 is 0 Å². The third-order valence-corrected chi connectivity index (χ3v) is 5.52. The fourth-order valence-corrected chi connectivity index (χ4v) is 3.84. The smallest absolute Gasteiger partial charge is 0.0273 e. The van der Waals surface area contributed by atoms with Crippen LogP contribution in [0.15, 0.2) is 73.1 Å². The number of nitrogens with one attached hydrogen (secondary N) is 1. The van der Waals surface area contributed by atoms with Crippen molar-refractivity contribution in [1.29, 1.82) is 0 Å². The molecule has 0 radical (unpaired) electrons. The molecule has 3 heteroatoms. The van der Waals surface area contributed by atoms with Crippen LogP contribution in [0.3, 0.4) is 0 Å². The first kappa shape index (κ1) is 18.9. The maximum atomic E-state index is 4.08. The highest BCUT2D eigenvalue weighted by Crippen LogP contribution is 2.18. The fraction of sp³-hybridized carbons (Fsp3) is 0.320. The average molecular weight is 372 g/mol. The van der Waals surface area contributed by atoms with Crippen LogP contribution < -0.4 is 5.32 Å². The predicted octanol–water partition coefficient (Wildman–Crippen LogP) is 4.68. The summed E-state index contributed by atoms with van der Waals surface area (Å²) in [5.41, 5.74) is 6.61. The number of rotatable bonds is 8. The highest BCUT2D eigenvalue weighted by Gasteiger charge is 2.11. The van der Waals surface area contributed by atoms with Gasteiger partial charge in [-0.2, -0.15) is 0 Å². The first-order valence-corrected chi connectivity index (χ1v) is 10.4. The Hall–Kier alpha value is -2.49. The van der Waals surface area contributed by atoms with Gasteiger partial charge >= 0.3 is 0 Å². The second-order valence-electron chi connectivity index (χ2n) is 7.66. The van der Waals surface area contributed by atoms with Crippen LogP contribution in [0.2, 0.25) is 0 Å². The number of nitrogens with zero attached hydrogens (tertiary/aromatic N) is 2. The van der Waals surface area contributed by atoms with Crippen molar-refractivity contribution in [3.8, 4) is 11.1 Å². The van der Waals surface area contributed by atoms with Crippen molar-refractivity contribution in [3.63, 3.8) is 0 Å². The number of pyridine rings is 1. The molecule has 1 fully saturated rings. The molecule has 0 unspecified atom stereocenters. The first-order chi connectivity index (χ1) is 13.9. The van der Waals surface area contributed by atoms with Gasteiger partial charge in [0.1, 0.15) is 0 Å². The second-order valence-corrected chi connectivity index (χ2v) is 7.66. The molecule has 1 aliphatic heterocycles. The third-order valence-electron chi connectivity index (χ3n) is 5.52. The molecule has 0 atom stereocenters. The number of likely N-dealkylation sites (tertiary alicyclic amines) is 1. The van der Waals surface area contributed by atoms with Crippen LogP contribution in [-0.4, -0.2) is 29.5 Å². The Balaban J connectivity index is 1.20. The van der Waals surface area contributed by atoms with Crippen molar-refractivity contribution in [3.05, 3.63) is 89.7 Å². The normalized spacial score (nSPS) is 14.4. The zero-order valence-electron chi connectivity index (χ0n) is 16.5. The maximum absolute atomic E-state index is 4.08. The molecule has 28 heavy (non-hydrogen) atoms. The molecule has 0 bridgehead atoms. The summed E-state index contributed by atoms with van der Waals surface area (Å²) in [6.07, 6.45) is 7.46. The highest BCUT2D eigenvalue weighted by molar-refractivity contribution is 5.62. The van der Waals surface area contributed by atoms with E-state index < -0.39 is 0 Å². The lowest BCUT2D eigenvalue weighted by atomic mass is 10.1. The largest absolute Gasteiger partial charge is 0.312 e. The summed E-state index contributed by atoms with van der Waals surface area (Å²) >= 11 is 0. The van der Waals surface area contributed by atoms with Gasteiger partial charge in [0.25, 0.3) is 0 Å². The summed E-state index contributed by atoms with van der Waals surface area (Å²) in [5.74, 6) is 0. The van der Waals surface area contributed by atoms with Gasteiger partial charge in [0.05, 0.1) is 0 Å². The Morgan fingerprint density at radius 3 is 2.04 bits per heavy atom. The molecule has 1 aromatic heterocycles. The molecule has 0 saturated carbocycles. The Morgan fingerprint density at radius 1 is 0.714 bits per heavy atom. The summed E-state index contributed by atoms with van der Waals surface area (Å²) in [7, 11) is 0. The minimum atomic E-state index is 0.906. The van der Waals surface area contributed by atoms with E-state index in [-0.39, 0.29) is 0 Å². The molecule has 4 rings (SSSR count). The van der Waals surface area contributed by atoms with Gasteiger partial charge in [-0.1, -0.05) is 48.5 Å². The molecule has 0 spiro atoms. The fourth-order valence-electron chi connectivity index (χ4n) is 3.84. The zero-order chi connectivity index (χ0) is 19.0. The van der Waals surface area contributed by atoms with Crippen molar-refractivity contribution in [2.24, 2.45) is 0 Å². The molecule has 3 aromatic rings. The van der Waals surface area contributed by atoms with Crippen LogP contribution in [0, 0.1) is 0 Å². The van der Waals surface area contributed by atoms with Crippen molar-refractivity contribution in [1.82, 2.24) is 15.2 Å². The predicted molar refractivity (Wildman–Crippen MR) is 116 cm³/mol. The monoisotopic (exact) mass is 371 g/mol. The summed E-state index contributed by atoms with van der Waals surface area (Å²) in [4.78, 5) is 6.63. The van der Waals surface area contributed by atoms with Crippen molar-refractivity contribution in [2.45, 2.75) is 32.4 Å². The van der Waals surface area contributed by atoms with Gasteiger partial charge in [0, 0.05) is 25.5 Å². The van der Waals surface area contributed by atoms with Crippen LogP contribution in [0.25, 0.3) is 11.1 Å². The Labute approximate surface area is 168 Å². The standard InChI is InChI=1S/C25H29N3/c1-2-18-28(17-1)20-23-5-3-21(4-6-23)11-14-27-19-22-7-9-24(10-8-22)25-12-15-26-16-13-25/h3-10,12-13,15-16,27H,1-2,11,14,17-20H2. The summed E-state index contributed by atoms with van der Waals surface area (Å²) in [6, 6.07) is 22.0. The van der Waals surface area contributed by atoms with E-state index in [1.165, 1.54) is 53.7 Å². The Morgan fingerprint density at radius 2 is 1.32 bits per heavy atom. The molecule has 1 saturated heterocycles. The molecule has 0 aliphatic carbocycles. The van der Waals surface area contributed by atoms with Crippen molar-refractivity contribution >= 4 is 0 Å². The van der Waals surface area contributed by atoms with E-state index in [2.05, 4.69) is 63.7 Å².